The average molecular weight is 260 g/mol. The predicted octanol–water partition coefficient (Wildman–Crippen LogP) is 2.15. The van der Waals surface area contributed by atoms with E-state index in [4.69, 9.17) is 0 Å². The van der Waals surface area contributed by atoms with Crippen molar-refractivity contribution in [2.24, 2.45) is 11.8 Å². The highest BCUT2D eigenvalue weighted by Crippen LogP contribution is 2.44. The van der Waals surface area contributed by atoms with Gasteiger partial charge in [-0.25, -0.2) is 4.79 Å². The Morgan fingerprint density at radius 3 is 2.53 bits per heavy atom. The normalized spacial score (nSPS) is 18.6. The van der Waals surface area contributed by atoms with E-state index < -0.39 is 0 Å². The quantitative estimate of drug-likeness (QED) is 0.796. The Morgan fingerprint density at radius 2 is 2.05 bits per heavy atom. The van der Waals surface area contributed by atoms with Crippen LogP contribution in [0, 0.1) is 11.8 Å². The van der Waals surface area contributed by atoms with Crippen LogP contribution in [0.5, 0.6) is 0 Å². The Labute approximate surface area is 113 Å². The number of pyridine rings is 1. The van der Waals surface area contributed by atoms with Gasteiger partial charge in [0.15, 0.2) is 0 Å². The van der Waals surface area contributed by atoms with Gasteiger partial charge >= 0.3 is 5.97 Å². The molecule has 19 heavy (non-hydrogen) atoms. The standard InChI is InChI=1S/C15H20N2O2/c1-19-15(18)12-6-7-13(16-8-12)9-17-14(10-2-3-10)11-4-5-11/h6-8,10-11,14,17H,2-5,9H2,1H3. The molecule has 1 aromatic heterocycles. The number of nitrogens with zero attached hydrogens (tertiary/aromatic N) is 1. The van der Waals surface area contributed by atoms with Crippen molar-refractivity contribution in [2.75, 3.05) is 7.11 Å². The first-order valence-electron chi connectivity index (χ1n) is 7.04. The van der Waals surface area contributed by atoms with Gasteiger partial charge in [-0.15, -0.1) is 0 Å². The topological polar surface area (TPSA) is 51.2 Å². The summed E-state index contributed by atoms with van der Waals surface area (Å²) in [6.07, 6.45) is 7.10. The maximum Gasteiger partial charge on any atom is 0.339 e. The van der Waals surface area contributed by atoms with E-state index in [1.807, 2.05) is 6.07 Å². The van der Waals surface area contributed by atoms with Crippen LogP contribution in [0.4, 0.5) is 0 Å². The highest BCUT2D eigenvalue weighted by Gasteiger charge is 2.40. The Morgan fingerprint density at radius 1 is 1.37 bits per heavy atom. The SMILES string of the molecule is COC(=O)c1ccc(CNC(C2CC2)C2CC2)nc1. The zero-order valence-corrected chi connectivity index (χ0v) is 11.3. The minimum absolute atomic E-state index is 0.333. The van der Waals surface area contributed by atoms with Crippen LogP contribution in [-0.4, -0.2) is 24.1 Å². The Hall–Kier alpha value is -1.42. The molecule has 2 aliphatic rings. The van der Waals surface area contributed by atoms with Crippen molar-refractivity contribution in [3.8, 4) is 0 Å². The molecule has 1 aromatic rings. The van der Waals surface area contributed by atoms with E-state index in [1.165, 1.54) is 32.8 Å². The molecule has 1 heterocycles. The van der Waals surface area contributed by atoms with Crippen molar-refractivity contribution in [1.29, 1.82) is 0 Å². The molecule has 0 atom stereocenters. The average Bonchev–Trinajstić information content (AvgIpc) is 3.31. The number of carbonyl (C=O) groups excluding carboxylic acids is 1. The number of carbonyl (C=O) groups is 1. The van der Waals surface area contributed by atoms with Crippen LogP contribution < -0.4 is 5.32 Å². The minimum Gasteiger partial charge on any atom is -0.465 e. The Bertz CT molecular complexity index is 438. The van der Waals surface area contributed by atoms with Crippen molar-refractivity contribution < 1.29 is 9.53 Å². The lowest BCUT2D eigenvalue weighted by Gasteiger charge is -2.17. The number of nitrogens with one attached hydrogen (secondary N) is 1. The van der Waals surface area contributed by atoms with E-state index in [0.29, 0.717) is 11.6 Å². The maximum atomic E-state index is 11.3. The molecule has 4 heteroatoms. The number of esters is 1. The number of ether oxygens (including phenoxy) is 1. The van der Waals surface area contributed by atoms with Crippen molar-refractivity contribution in [3.05, 3.63) is 29.6 Å². The second-order valence-electron chi connectivity index (χ2n) is 5.61. The van der Waals surface area contributed by atoms with E-state index in [2.05, 4.69) is 15.0 Å². The van der Waals surface area contributed by atoms with Crippen LogP contribution in [0.15, 0.2) is 18.3 Å². The molecule has 102 valence electrons. The van der Waals surface area contributed by atoms with Crippen molar-refractivity contribution in [3.63, 3.8) is 0 Å². The van der Waals surface area contributed by atoms with Crippen molar-refractivity contribution >= 4 is 5.97 Å². The zero-order valence-electron chi connectivity index (χ0n) is 11.3. The molecule has 0 saturated heterocycles. The first-order chi connectivity index (χ1) is 9.28. The third-order valence-corrected chi connectivity index (χ3v) is 4.02. The lowest BCUT2D eigenvalue weighted by Crippen LogP contribution is -2.32. The lowest BCUT2D eigenvalue weighted by atomic mass is 10.1. The van der Waals surface area contributed by atoms with Crippen LogP contribution in [0.3, 0.4) is 0 Å². The molecule has 3 rings (SSSR count). The number of hydrogen-bond acceptors (Lipinski definition) is 4. The van der Waals surface area contributed by atoms with Gasteiger partial charge in [0.05, 0.1) is 18.4 Å². The Kier molecular flexibility index (Phi) is 3.51. The number of rotatable bonds is 6. The van der Waals surface area contributed by atoms with Gasteiger partial charge in [0.2, 0.25) is 0 Å². The Balaban J connectivity index is 1.55. The fraction of sp³-hybridized carbons (Fsp3) is 0.600. The van der Waals surface area contributed by atoms with Crippen molar-refractivity contribution in [1.82, 2.24) is 10.3 Å². The van der Waals surface area contributed by atoms with E-state index in [0.717, 1.165) is 24.1 Å². The largest absolute Gasteiger partial charge is 0.465 e. The molecule has 0 unspecified atom stereocenters. The zero-order chi connectivity index (χ0) is 13.2. The van der Waals surface area contributed by atoms with E-state index >= 15 is 0 Å². The van der Waals surface area contributed by atoms with Gasteiger partial charge in [-0.3, -0.25) is 4.98 Å². The molecule has 0 aliphatic heterocycles. The van der Waals surface area contributed by atoms with Crippen LogP contribution in [-0.2, 0) is 11.3 Å². The molecular weight excluding hydrogens is 240 g/mol. The maximum absolute atomic E-state index is 11.3. The van der Waals surface area contributed by atoms with Gasteiger partial charge in [0.25, 0.3) is 0 Å². The monoisotopic (exact) mass is 260 g/mol. The summed E-state index contributed by atoms with van der Waals surface area (Å²) in [6, 6.07) is 4.36. The predicted molar refractivity (Wildman–Crippen MR) is 71.7 cm³/mol. The second-order valence-corrected chi connectivity index (χ2v) is 5.61. The molecular formula is C15H20N2O2. The summed E-state index contributed by atoms with van der Waals surface area (Å²) in [5, 5.41) is 3.64. The summed E-state index contributed by atoms with van der Waals surface area (Å²) in [6.45, 7) is 0.791. The van der Waals surface area contributed by atoms with Gasteiger partial charge in [-0.05, 0) is 49.7 Å². The molecule has 2 aliphatic carbocycles. The van der Waals surface area contributed by atoms with Crippen LogP contribution in [0.25, 0.3) is 0 Å². The van der Waals surface area contributed by atoms with Gasteiger partial charge < -0.3 is 10.1 Å². The molecule has 1 N–H and O–H groups in total. The second kappa shape index (κ2) is 5.29. The summed E-state index contributed by atoms with van der Waals surface area (Å²) in [4.78, 5) is 15.6. The summed E-state index contributed by atoms with van der Waals surface area (Å²) >= 11 is 0. The summed E-state index contributed by atoms with van der Waals surface area (Å²) in [5.41, 5.74) is 1.49. The molecule has 2 saturated carbocycles. The molecule has 0 bridgehead atoms. The molecule has 2 fully saturated rings. The highest BCUT2D eigenvalue weighted by molar-refractivity contribution is 5.88. The van der Waals surface area contributed by atoms with Gasteiger partial charge in [-0.2, -0.15) is 0 Å². The fourth-order valence-corrected chi connectivity index (χ4v) is 2.62. The van der Waals surface area contributed by atoms with E-state index in [9.17, 15) is 4.79 Å². The molecule has 0 spiro atoms. The summed E-state index contributed by atoms with van der Waals surface area (Å²) < 4.78 is 4.66. The molecule has 0 radical (unpaired) electrons. The van der Waals surface area contributed by atoms with Crippen LogP contribution >= 0.6 is 0 Å². The van der Waals surface area contributed by atoms with Crippen molar-refractivity contribution in [2.45, 2.75) is 38.3 Å². The van der Waals surface area contributed by atoms with Gasteiger partial charge in [-0.1, -0.05) is 0 Å². The third-order valence-electron chi connectivity index (χ3n) is 4.02. The number of aromatic nitrogens is 1. The molecule has 4 nitrogen and oxygen atoms in total. The van der Waals surface area contributed by atoms with Gasteiger partial charge in [0.1, 0.15) is 0 Å². The number of hydrogen-bond donors (Lipinski definition) is 1. The lowest BCUT2D eigenvalue weighted by molar-refractivity contribution is 0.0600. The highest BCUT2D eigenvalue weighted by atomic mass is 16.5. The third kappa shape index (κ3) is 3.13. The summed E-state index contributed by atoms with van der Waals surface area (Å²) in [7, 11) is 1.38. The van der Waals surface area contributed by atoms with E-state index in [-0.39, 0.29) is 5.97 Å². The first-order valence-corrected chi connectivity index (χ1v) is 7.04. The summed E-state index contributed by atoms with van der Waals surface area (Å²) in [5.74, 6) is 1.45. The number of methoxy groups -OCH3 is 1. The fourth-order valence-electron chi connectivity index (χ4n) is 2.62. The molecule has 0 amide bonds. The first kappa shape index (κ1) is 12.6. The van der Waals surface area contributed by atoms with Crippen LogP contribution in [0.1, 0.15) is 41.7 Å². The molecule has 0 aromatic carbocycles. The van der Waals surface area contributed by atoms with Gasteiger partial charge in [0, 0.05) is 18.8 Å². The van der Waals surface area contributed by atoms with Crippen LogP contribution in [0.2, 0.25) is 0 Å². The minimum atomic E-state index is -0.333. The van der Waals surface area contributed by atoms with E-state index in [1.54, 1.807) is 12.3 Å². The smallest absolute Gasteiger partial charge is 0.339 e.